The molecule has 0 aliphatic carbocycles. The van der Waals surface area contributed by atoms with E-state index in [1.165, 1.54) is 11.8 Å². The SMILES string of the molecule is O=C(CSc1nc2ccccc2c2nc3ccccc3n12)Nc1ccc(Cl)c(Cl)c1. The molecule has 30 heavy (non-hydrogen) atoms. The molecule has 0 unspecified atom stereocenters. The number of amides is 1. The third-order valence-electron chi connectivity index (χ3n) is 4.65. The fraction of sp³-hybridized carbons (Fsp3) is 0.0455. The number of fused-ring (bicyclic) bond motifs is 5. The zero-order valence-corrected chi connectivity index (χ0v) is 17.8. The van der Waals surface area contributed by atoms with E-state index in [0.717, 1.165) is 27.6 Å². The van der Waals surface area contributed by atoms with Crippen molar-refractivity contribution in [1.29, 1.82) is 0 Å². The molecule has 0 atom stereocenters. The highest BCUT2D eigenvalue weighted by atomic mass is 35.5. The Labute approximate surface area is 186 Å². The third kappa shape index (κ3) is 3.47. The Morgan fingerprint density at radius 3 is 2.53 bits per heavy atom. The van der Waals surface area contributed by atoms with Gasteiger partial charge in [0, 0.05) is 11.1 Å². The maximum absolute atomic E-state index is 12.5. The van der Waals surface area contributed by atoms with Gasteiger partial charge in [0.1, 0.15) is 5.65 Å². The highest BCUT2D eigenvalue weighted by Gasteiger charge is 2.15. The molecule has 5 aromatic rings. The van der Waals surface area contributed by atoms with Crippen LogP contribution in [0.25, 0.3) is 27.6 Å². The van der Waals surface area contributed by atoms with Crippen molar-refractivity contribution in [3.8, 4) is 0 Å². The zero-order chi connectivity index (χ0) is 20.7. The smallest absolute Gasteiger partial charge is 0.234 e. The first-order valence-electron chi connectivity index (χ1n) is 9.14. The van der Waals surface area contributed by atoms with Crippen molar-refractivity contribution in [2.75, 3.05) is 11.1 Å². The minimum Gasteiger partial charge on any atom is -0.325 e. The normalized spacial score (nSPS) is 11.4. The van der Waals surface area contributed by atoms with Crippen molar-refractivity contribution in [3.63, 3.8) is 0 Å². The molecule has 0 spiro atoms. The number of para-hydroxylation sites is 3. The predicted octanol–water partition coefficient (Wildman–Crippen LogP) is 6.07. The fourth-order valence-corrected chi connectivity index (χ4v) is 4.42. The van der Waals surface area contributed by atoms with Gasteiger partial charge in [-0.2, -0.15) is 0 Å². The molecule has 0 saturated heterocycles. The molecule has 2 heterocycles. The van der Waals surface area contributed by atoms with Gasteiger partial charge < -0.3 is 5.32 Å². The maximum atomic E-state index is 12.5. The summed E-state index contributed by atoms with van der Waals surface area (Å²) in [6, 6.07) is 20.8. The first kappa shape index (κ1) is 19.2. The van der Waals surface area contributed by atoms with E-state index in [1.807, 2.05) is 52.9 Å². The third-order valence-corrected chi connectivity index (χ3v) is 6.33. The summed E-state index contributed by atoms with van der Waals surface area (Å²) in [5.74, 6) is 0.0265. The van der Waals surface area contributed by atoms with Crippen molar-refractivity contribution < 1.29 is 4.79 Å². The Balaban J connectivity index is 1.50. The lowest BCUT2D eigenvalue weighted by atomic mass is 10.2. The predicted molar refractivity (Wildman–Crippen MR) is 124 cm³/mol. The van der Waals surface area contributed by atoms with E-state index in [1.54, 1.807) is 18.2 Å². The van der Waals surface area contributed by atoms with Crippen molar-refractivity contribution in [2.24, 2.45) is 0 Å². The van der Waals surface area contributed by atoms with Gasteiger partial charge in [-0.15, -0.1) is 0 Å². The highest BCUT2D eigenvalue weighted by Crippen LogP contribution is 2.29. The number of nitrogens with one attached hydrogen (secondary N) is 1. The van der Waals surface area contributed by atoms with Gasteiger partial charge in [0.25, 0.3) is 0 Å². The molecule has 148 valence electrons. The molecule has 0 aliphatic heterocycles. The molecule has 0 aliphatic rings. The lowest BCUT2D eigenvalue weighted by Gasteiger charge is -2.09. The molecular formula is C22H14Cl2N4OS. The number of carbonyl (C=O) groups is 1. The molecule has 3 aromatic carbocycles. The lowest BCUT2D eigenvalue weighted by molar-refractivity contribution is -0.113. The van der Waals surface area contributed by atoms with Crippen LogP contribution >= 0.6 is 35.0 Å². The van der Waals surface area contributed by atoms with Crippen molar-refractivity contribution in [1.82, 2.24) is 14.4 Å². The van der Waals surface area contributed by atoms with Crippen LogP contribution in [-0.4, -0.2) is 26.0 Å². The van der Waals surface area contributed by atoms with Crippen molar-refractivity contribution in [3.05, 3.63) is 76.8 Å². The van der Waals surface area contributed by atoms with Gasteiger partial charge in [-0.3, -0.25) is 9.20 Å². The number of imidazole rings is 1. The van der Waals surface area contributed by atoms with Gasteiger partial charge in [0.05, 0.1) is 32.3 Å². The van der Waals surface area contributed by atoms with Crippen LogP contribution in [0.1, 0.15) is 0 Å². The van der Waals surface area contributed by atoms with Crippen molar-refractivity contribution in [2.45, 2.75) is 5.16 Å². The summed E-state index contributed by atoms with van der Waals surface area (Å²) in [6.45, 7) is 0. The number of nitrogens with zero attached hydrogens (tertiary/aromatic N) is 3. The van der Waals surface area contributed by atoms with Gasteiger partial charge in [0.2, 0.25) is 5.91 Å². The number of hydrogen-bond acceptors (Lipinski definition) is 4. The number of benzene rings is 3. The van der Waals surface area contributed by atoms with Gasteiger partial charge in [0.15, 0.2) is 5.16 Å². The Morgan fingerprint density at radius 1 is 0.933 bits per heavy atom. The highest BCUT2D eigenvalue weighted by molar-refractivity contribution is 7.99. The number of rotatable bonds is 4. The summed E-state index contributed by atoms with van der Waals surface area (Å²) in [4.78, 5) is 22.1. The second-order valence-corrected chi connectivity index (χ2v) is 8.39. The summed E-state index contributed by atoms with van der Waals surface area (Å²) in [5.41, 5.74) is 4.11. The van der Waals surface area contributed by atoms with Gasteiger partial charge in [-0.25, -0.2) is 9.97 Å². The minimum atomic E-state index is -0.161. The molecule has 0 bridgehead atoms. The van der Waals surface area contributed by atoms with Crippen LogP contribution < -0.4 is 5.32 Å². The van der Waals surface area contributed by atoms with Crippen molar-refractivity contribution >= 4 is 74.1 Å². The molecule has 1 N–H and O–H groups in total. The number of carbonyl (C=O) groups excluding carboxylic acids is 1. The Morgan fingerprint density at radius 2 is 1.70 bits per heavy atom. The Bertz CT molecular complexity index is 1430. The van der Waals surface area contributed by atoms with E-state index in [2.05, 4.69) is 5.32 Å². The summed E-state index contributed by atoms with van der Waals surface area (Å²) in [6.07, 6.45) is 0. The van der Waals surface area contributed by atoms with E-state index < -0.39 is 0 Å². The van der Waals surface area contributed by atoms with Crippen LogP contribution in [0.2, 0.25) is 10.0 Å². The maximum Gasteiger partial charge on any atom is 0.234 e. The molecule has 5 nitrogen and oxygen atoms in total. The number of aromatic nitrogens is 3. The van der Waals surface area contributed by atoms with Crippen LogP contribution in [-0.2, 0) is 4.79 Å². The minimum absolute atomic E-state index is 0.161. The lowest BCUT2D eigenvalue weighted by Crippen LogP contribution is -2.14. The molecule has 5 rings (SSSR count). The standard InChI is InChI=1S/C22H14Cl2N4OS/c23-15-10-9-13(11-16(15)24)25-20(29)12-30-22-27-17-6-2-1-5-14(17)21-26-18-7-3-4-8-19(18)28(21)22/h1-11H,12H2,(H,25,29). The largest absolute Gasteiger partial charge is 0.325 e. The second kappa shape index (κ2) is 7.80. The van der Waals surface area contributed by atoms with Crippen LogP contribution in [0, 0.1) is 0 Å². The monoisotopic (exact) mass is 452 g/mol. The molecule has 0 radical (unpaired) electrons. The summed E-state index contributed by atoms with van der Waals surface area (Å²) < 4.78 is 2.01. The van der Waals surface area contributed by atoms with Crippen LogP contribution in [0.15, 0.2) is 71.9 Å². The van der Waals surface area contributed by atoms with Crippen LogP contribution in [0.5, 0.6) is 0 Å². The fourth-order valence-electron chi connectivity index (χ4n) is 3.31. The summed E-state index contributed by atoms with van der Waals surface area (Å²) in [7, 11) is 0. The molecule has 1 amide bonds. The molecule has 2 aromatic heterocycles. The number of anilines is 1. The summed E-state index contributed by atoms with van der Waals surface area (Å²) in [5, 5.41) is 5.36. The van der Waals surface area contributed by atoms with Gasteiger partial charge in [-0.05, 0) is 42.5 Å². The zero-order valence-electron chi connectivity index (χ0n) is 15.5. The van der Waals surface area contributed by atoms with Gasteiger partial charge in [-0.1, -0.05) is 59.2 Å². The second-order valence-electron chi connectivity index (χ2n) is 6.64. The molecule has 0 saturated carbocycles. The quantitative estimate of drug-likeness (QED) is 0.265. The van der Waals surface area contributed by atoms with E-state index in [4.69, 9.17) is 33.2 Å². The molecular weight excluding hydrogens is 439 g/mol. The average molecular weight is 453 g/mol. The number of halogens is 2. The Kier molecular flexibility index (Phi) is 4.98. The van der Waals surface area contributed by atoms with E-state index in [9.17, 15) is 4.79 Å². The summed E-state index contributed by atoms with van der Waals surface area (Å²) >= 11 is 13.3. The Hall–Kier alpha value is -2.80. The molecule has 0 fully saturated rings. The number of thioether (sulfide) groups is 1. The van der Waals surface area contributed by atoms with Crippen LogP contribution in [0.4, 0.5) is 5.69 Å². The molecule has 8 heteroatoms. The van der Waals surface area contributed by atoms with Crippen LogP contribution in [0.3, 0.4) is 0 Å². The van der Waals surface area contributed by atoms with E-state index >= 15 is 0 Å². The van der Waals surface area contributed by atoms with Gasteiger partial charge >= 0.3 is 0 Å². The first-order valence-corrected chi connectivity index (χ1v) is 10.9. The topological polar surface area (TPSA) is 59.3 Å². The average Bonchev–Trinajstić information content (AvgIpc) is 3.15. The number of hydrogen-bond donors (Lipinski definition) is 1. The van der Waals surface area contributed by atoms with E-state index in [0.29, 0.717) is 20.9 Å². The van der Waals surface area contributed by atoms with E-state index in [-0.39, 0.29) is 11.7 Å². The first-order chi connectivity index (χ1) is 14.6.